The van der Waals surface area contributed by atoms with Crippen molar-refractivity contribution in [3.63, 3.8) is 0 Å². The third-order valence-electron chi connectivity index (χ3n) is 3.60. The molecule has 0 bridgehead atoms. The summed E-state index contributed by atoms with van der Waals surface area (Å²) in [6.07, 6.45) is 1.85. The molecule has 0 aliphatic heterocycles. The van der Waals surface area contributed by atoms with Gasteiger partial charge in [-0.2, -0.15) is 0 Å². The lowest BCUT2D eigenvalue weighted by Crippen LogP contribution is -2.21. The van der Waals surface area contributed by atoms with E-state index in [4.69, 9.17) is 4.74 Å². The lowest BCUT2D eigenvalue weighted by Gasteiger charge is -2.11. The fourth-order valence-electron chi connectivity index (χ4n) is 2.48. The van der Waals surface area contributed by atoms with Crippen molar-refractivity contribution in [3.8, 4) is 0 Å². The Bertz CT molecular complexity index is 593. The van der Waals surface area contributed by atoms with E-state index >= 15 is 0 Å². The fourth-order valence-corrected chi connectivity index (χ4v) is 3.92. The quantitative estimate of drug-likeness (QED) is 0.759. The SMILES string of the molecule is COC(=O)C1(c2sc3ccccc3c2C)CC1. The first-order chi connectivity index (χ1) is 8.19. The zero-order valence-corrected chi connectivity index (χ0v) is 10.8. The predicted octanol–water partition coefficient (Wildman–Crippen LogP) is 3.41. The second kappa shape index (κ2) is 3.57. The number of rotatable bonds is 2. The molecule has 1 saturated carbocycles. The number of esters is 1. The minimum absolute atomic E-state index is 0.0767. The molecule has 3 heteroatoms. The average molecular weight is 246 g/mol. The first kappa shape index (κ1) is 10.8. The van der Waals surface area contributed by atoms with Crippen LogP contribution < -0.4 is 0 Å². The standard InChI is InChI=1S/C14H14O2S/c1-9-10-5-3-4-6-11(10)17-12(9)14(7-8-14)13(15)16-2/h3-6H,7-8H2,1-2H3. The average Bonchev–Trinajstić information content (AvgIpc) is 3.10. The highest BCUT2D eigenvalue weighted by Crippen LogP contribution is 2.54. The van der Waals surface area contributed by atoms with Gasteiger partial charge >= 0.3 is 5.97 Å². The number of aryl methyl sites for hydroxylation is 1. The molecule has 2 nitrogen and oxygen atoms in total. The van der Waals surface area contributed by atoms with Gasteiger partial charge in [-0.1, -0.05) is 18.2 Å². The molecule has 1 aromatic heterocycles. The molecule has 2 aromatic rings. The first-order valence-corrected chi connectivity index (χ1v) is 6.58. The Balaban J connectivity index is 2.19. The van der Waals surface area contributed by atoms with E-state index in [-0.39, 0.29) is 11.4 Å². The summed E-state index contributed by atoms with van der Waals surface area (Å²) < 4.78 is 6.21. The third kappa shape index (κ3) is 1.42. The van der Waals surface area contributed by atoms with E-state index in [9.17, 15) is 4.79 Å². The molecule has 1 aromatic carbocycles. The summed E-state index contributed by atoms with van der Waals surface area (Å²) in [4.78, 5) is 13.1. The minimum atomic E-state index is -0.331. The Morgan fingerprint density at radius 1 is 1.35 bits per heavy atom. The van der Waals surface area contributed by atoms with Gasteiger partial charge < -0.3 is 4.74 Å². The summed E-state index contributed by atoms with van der Waals surface area (Å²) in [5.74, 6) is -0.0767. The Labute approximate surface area is 104 Å². The van der Waals surface area contributed by atoms with Gasteiger partial charge in [-0.25, -0.2) is 0 Å². The molecule has 1 fully saturated rings. The summed E-state index contributed by atoms with van der Waals surface area (Å²) in [5.41, 5.74) is 0.913. The van der Waals surface area contributed by atoms with Crippen molar-refractivity contribution in [2.45, 2.75) is 25.2 Å². The van der Waals surface area contributed by atoms with Gasteiger partial charge in [-0.05, 0) is 36.8 Å². The van der Waals surface area contributed by atoms with Crippen LogP contribution in [-0.4, -0.2) is 13.1 Å². The number of carbonyl (C=O) groups is 1. The van der Waals surface area contributed by atoms with E-state index in [1.54, 1.807) is 11.3 Å². The van der Waals surface area contributed by atoms with Crippen molar-refractivity contribution < 1.29 is 9.53 Å². The van der Waals surface area contributed by atoms with Gasteiger partial charge in [0.2, 0.25) is 0 Å². The van der Waals surface area contributed by atoms with Crippen molar-refractivity contribution in [1.82, 2.24) is 0 Å². The lowest BCUT2D eigenvalue weighted by molar-refractivity contribution is -0.143. The van der Waals surface area contributed by atoms with Gasteiger partial charge in [-0.15, -0.1) is 11.3 Å². The summed E-state index contributed by atoms with van der Waals surface area (Å²) in [6.45, 7) is 2.11. The minimum Gasteiger partial charge on any atom is -0.468 e. The molecule has 17 heavy (non-hydrogen) atoms. The molecule has 1 aliphatic rings. The number of fused-ring (bicyclic) bond motifs is 1. The van der Waals surface area contributed by atoms with Crippen LogP contribution in [0.3, 0.4) is 0 Å². The van der Waals surface area contributed by atoms with Gasteiger partial charge in [0, 0.05) is 9.58 Å². The van der Waals surface area contributed by atoms with Crippen LogP contribution in [0.15, 0.2) is 24.3 Å². The van der Waals surface area contributed by atoms with Gasteiger partial charge in [0.1, 0.15) is 5.41 Å². The monoisotopic (exact) mass is 246 g/mol. The van der Waals surface area contributed by atoms with Crippen molar-refractivity contribution >= 4 is 27.4 Å². The normalized spacial score (nSPS) is 17.1. The van der Waals surface area contributed by atoms with Crippen molar-refractivity contribution in [1.29, 1.82) is 0 Å². The first-order valence-electron chi connectivity index (χ1n) is 5.76. The molecule has 0 saturated heterocycles. The number of hydrogen-bond acceptors (Lipinski definition) is 3. The summed E-state index contributed by atoms with van der Waals surface area (Å²) >= 11 is 1.74. The zero-order chi connectivity index (χ0) is 12.0. The molecule has 1 aliphatic carbocycles. The maximum absolute atomic E-state index is 11.9. The summed E-state index contributed by atoms with van der Waals surface area (Å²) in [6, 6.07) is 8.32. The smallest absolute Gasteiger partial charge is 0.317 e. The summed E-state index contributed by atoms with van der Waals surface area (Å²) in [7, 11) is 1.48. The van der Waals surface area contributed by atoms with E-state index in [1.807, 2.05) is 12.1 Å². The van der Waals surface area contributed by atoms with E-state index < -0.39 is 0 Å². The van der Waals surface area contributed by atoms with Gasteiger partial charge in [0.05, 0.1) is 7.11 Å². The van der Waals surface area contributed by atoms with Gasteiger partial charge in [0.15, 0.2) is 0 Å². The fraction of sp³-hybridized carbons (Fsp3) is 0.357. The second-order valence-electron chi connectivity index (χ2n) is 4.63. The van der Waals surface area contributed by atoms with Crippen LogP contribution in [0.4, 0.5) is 0 Å². The van der Waals surface area contributed by atoms with Crippen LogP contribution in [0.2, 0.25) is 0 Å². The van der Waals surface area contributed by atoms with Crippen LogP contribution in [0.5, 0.6) is 0 Å². The molecule has 0 amide bonds. The van der Waals surface area contributed by atoms with Crippen LogP contribution in [0.1, 0.15) is 23.3 Å². The Hall–Kier alpha value is -1.35. The molecular weight excluding hydrogens is 232 g/mol. The molecule has 3 rings (SSSR count). The van der Waals surface area contributed by atoms with Crippen LogP contribution in [0, 0.1) is 6.92 Å². The molecule has 0 spiro atoms. The van der Waals surface area contributed by atoms with E-state index in [2.05, 4.69) is 19.1 Å². The predicted molar refractivity (Wildman–Crippen MR) is 69.5 cm³/mol. The highest BCUT2D eigenvalue weighted by Gasteiger charge is 2.54. The molecule has 88 valence electrons. The molecule has 0 atom stereocenters. The van der Waals surface area contributed by atoms with Crippen molar-refractivity contribution in [2.75, 3.05) is 7.11 Å². The largest absolute Gasteiger partial charge is 0.468 e. The number of hydrogen-bond donors (Lipinski definition) is 0. The maximum Gasteiger partial charge on any atom is 0.317 e. The molecule has 0 radical (unpaired) electrons. The number of ether oxygens (including phenoxy) is 1. The van der Waals surface area contributed by atoms with E-state index in [0.29, 0.717) is 0 Å². The van der Waals surface area contributed by atoms with E-state index in [1.165, 1.54) is 27.6 Å². The number of carbonyl (C=O) groups excluding carboxylic acids is 1. The topological polar surface area (TPSA) is 26.3 Å². The highest BCUT2D eigenvalue weighted by molar-refractivity contribution is 7.19. The number of methoxy groups -OCH3 is 1. The van der Waals surface area contributed by atoms with Crippen molar-refractivity contribution in [2.24, 2.45) is 0 Å². The second-order valence-corrected chi connectivity index (χ2v) is 5.68. The van der Waals surface area contributed by atoms with Crippen LogP contribution in [0.25, 0.3) is 10.1 Å². The van der Waals surface area contributed by atoms with E-state index in [0.717, 1.165) is 12.8 Å². The number of benzene rings is 1. The zero-order valence-electron chi connectivity index (χ0n) is 9.95. The van der Waals surface area contributed by atoms with Gasteiger partial charge in [-0.3, -0.25) is 4.79 Å². The molecule has 1 heterocycles. The molecule has 0 unspecified atom stereocenters. The van der Waals surface area contributed by atoms with Crippen LogP contribution >= 0.6 is 11.3 Å². The highest BCUT2D eigenvalue weighted by atomic mass is 32.1. The Kier molecular flexibility index (Phi) is 2.26. The molecular formula is C14H14O2S. The van der Waals surface area contributed by atoms with Crippen molar-refractivity contribution in [3.05, 3.63) is 34.7 Å². The Morgan fingerprint density at radius 2 is 2.06 bits per heavy atom. The van der Waals surface area contributed by atoms with Gasteiger partial charge in [0.25, 0.3) is 0 Å². The number of thiophene rings is 1. The van der Waals surface area contributed by atoms with Crippen LogP contribution in [-0.2, 0) is 14.9 Å². The molecule has 0 N–H and O–H groups in total. The summed E-state index contributed by atoms with van der Waals surface area (Å²) in [5, 5.41) is 1.27. The third-order valence-corrected chi connectivity index (χ3v) is 5.08. The lowest BCUT2D eigenvalue weighted by atomic mass is 10.00. The Morgan fingerprint density at radius 3 is 2.65 bits per heavy atom. The maximum atomic E-state index is 11.9.